The molecule has 6 nitrogen and oxygen atoms in total. The number of nitrogens with zero attached hydrogens (tertiary/aromatic N) is 2. The molecule has 138 valence electrons. The van der Waals surface area contributed by atoms with Crippen molar-refractivity contribution >= 4 is 11.9 Å². The molecule has 0 unspecified atom stereocenters. The van der Waals surface area contributed by atoms with Crippen molar-refractivity contribution in [3.63, 3.8) is 0 Å². The second-order valence-corrected chi connectivity index (χ2v) is 5.86. The lowest BCUT2D eigenvalue weighted by Gasteiger charge is -2.18. The summed E-state index contributed by atoms with van der Waals surface area (Å²) in [7, 11) is 1.28. The standard InChI is InChI=1S/C20H18FN3O3/c1-27-19(25)13-18(14-3-7-16(21)8-4-14)23-20(26)15-5-9-17(10-6-15)24-12-2-11-22-24/h2-12,18H,13H2,1H3,(H,23,26)/t18-/m0/s1. The maximum Gasteiger partial charge on any atom is 0.307 e. The summed E-state index contributed by atoms with van der Waals surface area (Å²) in [6, 6.07) is 13.7. The molecule has 1 atom stereocenters. The number of carbonyl (C=O) groups is 2. The van der Waals surface area contributed by atoms with Crippen LogP contribution in [0.1, 0.15) is 28.4 Å². The first-order valence-electron chi connectivity index (χ1n) is 8.30. The second kappa shape index (κ2) is 8.27. The molecule has 0 radical (unpaired) electrons. The van der Waals surface area contributed by atoms with E-state index in [1.54, 1.807) is 47.4 Å². The first-order chi connectivity index (χ1) is 13.1. The summed E-state index contributed by atoms with van der Waals surface area (Å²) in [4.78, 5) is 24.3. The quantitative estimate of drug-likeness (QED) is 0.680. The number of hydrogen-bond acceptors (Lipinski definition) is 4. The molecule has 0 saturated heterocycles. The van der Waals surface area contributed by atoms with E-state index in [9.17, 15) is 14.0 Å². The number of rotatable bonds is 6. The maximum atomic E-state index is 13.2. The summed E-state index contributed by atoms with van der Waals surface area (Å²) in [5.74, 6) is -1.21. The molecule has 1 heterocycles. The van der Waals surface area contributed by atoms with Gasteiger partial charge in [-0.25, -0.2) is 9.07 Å². The van der Waals surface area contributed by atoms with Crippen molar-refractivity contribution in [3.8, 4) is 5.69 Å². The average Bonchev–Trinajstić information content (AvgIpc) is 3.23. The Bertz CT molecular complexity index is 907. The minimum atomic E-state index is -0.628. The number of benzene rings is 2. The summed E-state index contributed by atoms with van der Waals surface area (Å²) in [5.41, 5.74) is 1.87. The van der Waals surface area contributed by atoms with Crippen LogP contribution < -0.4 is 5.32 Å². The van der Waals surface area contributed by atoms with Crippen molar-refractivity contribution in [2.75, 3.05) is 7.11 Å². The Morgan fingerprint density at radius 3 is 2.44 bits per heavy atom. The Morgan fingerprint density at radius 1 is 1.15 bits per heavy atom. The normalized spacial score (nSPS) is 11.6. The van der Waals surface area contributed by atoms with Crippen molar-refractivity contribution < 1.29 is 18.7 Å². The lowest BCUT2D eigenvalue weighted by Crippen LogP contribution is -2.30. The van der Waals surface area contributed by atoms with E-state index in [-0.39, 0.29) is 12.3 Å². The Morgan fingerprint density at radius 2 is 1.85 bits per heavy atom. The van der Waals surface area contributed by atoms with E-state index in [1.807, 2.05) is 0 Å². The first-order valence-corrected chi connectivity index (χ1v) is 8.30. The maximum absolute atomic E-state index is 13.2. The Labute approximate surface area is 155 Å². The lowest BCUT2D eigenvalue weighted by atomic mass is 10.0. The van der Waals surface area contributed by atoms with Gasteiger partial charge in [0.2, 0.25) is 0 Å². The zero-order chi connectivity index (χ0) is 19.2. The fraction of sp³-hybridized carbons (Fsp3) is 0.150. The fourth-order valence-electron chi connectivity index (χ4n) is 2.63. The summed E-state index contributed by atoms with van der Waals surface area (Å²) in [5, 5.41) is 6.94. The summed E-state index contributed by atoms with van der Waals surface area (Å²) in [6.45, 7) is 0. The second-order valence-electron chi connectivity index (χ2n) is 5.86. The predicted molar refractivity (Wildman–Crippen MR) is 96.8 cm³/mol. The van der Waals surface area contributed by atoms with Crippen LogP contribution in [0, 0.1) is 5.82 Å². The van der Waals surface area contributed by atoms with Crippen LogP contribution in [0.5, 0.6) is 0 Å². The molecule has 0 spiro atoms. The SMILES string of the molecule is COC(=O)C[C@H](NC(=O)c1ccc(-n2cccn2)cc1)c1ccc(F)cc1. The fourth-order valence-corrected chi connectivity index (χ4v) is 2.63. The monoisotopic (exact) mass is 367 g/mol. The van der Waals surface area contributed by atoms with Gasteiger partial charge in [0.25, 0.3) is 5.91 Å². The number of nitrogens with one attached hydrogen (secondary N) is 1. The molecule has 3 rings (SSSR count). The Balaban J connectivity index is 1.77. The van der Waals surface area contributed by atoms with Crippen molar-refractivity contribution in [3.05, 3.63) is 83.9 Å². The molecule has 3 aromatic rings. The zero-order valence-corrected chi connectivity index (χ0v) is 14.6. The molecule has 0 aliphatic rings. The lowest BCUT2D eigenvalue weighted by molar-refractivity contribution is -0.141. The molecule has 7 heteroatoms. The third-order valence-electron chi connectivity index (χ3n) is 4.07. The largest absolute Gasteiger partial charge is 0.469 e. The highest BCUT2D eigenvalue weighted by Gasteiger charge is 2.20. The van der Waals surface area contributed by atoms with Gasteiger partial charge in [-0.2, -0.15) is 5.10 Å². The smallest absolute Gasteiger partial charge is 0.307 e. The van der Waals surface area contributed by atoms with Gasteiger partial charge in [0, 0.05) is 18.0 Å². The van der Waals surface area contributed by atoms with Gasteiger partial charge in [-0.15, -0.1) is 0 Å². The number of amides is 1. The van der Waals surface area contributed by atoms with Crippen LogP contribution in [0.4, 0.5) is 4.39 Å². The molecule has 0 fully saturated rings. The highest BCUT2D eigenvalue weighted by molar-refractivity contribution is 5.94. The first kappa shape index (κ1) is 18.3. The summed E-state index contributed by atoms with van der Waals surface area (Å²) >= 11 is 0. The molecule has 0 aliphatic carbocycles. The van der Waals surface area contributed by atoms with Gasteiger partial charge < -0.3 is 10.1 Å². The Kier molecular flexibility index (Phi) is 5.61. The van der Waals surface area contributed by atoms with Crippen molar-refractivity contribution in [2.24, 2.45) is 0 Å². The molecular formula is C20H18FN3O3. The minimum Gasteiger partial charge on any atom is -0.469 e. The molecule has 0 saturated carbocycles. The molecule has 0 aliphatic heterocycles. The molecular weight excluding hydrogens is 349 g/mol. The number of ether oxygens (including phenoxy) is 1. The van der Waals surface area contributed by atoms with Crippen LogP contribution in [-0.2, 0) is 9.53 Å². The third kappa shape index (κ3) is 4.58. The van der Waals surface area contributed by atoms with Gasteiger partial charge in [0.1, 0.15) is 5.82 Å². The van der Waals surface area contributed by atoms with Crippen molar-refractivity contribution in [2.45, 2.75) is 12.5 Å². The van der Waals surface area contributed by atoms with Gasteiger partial charge in [-0.3, -0.25) is 9.59 Å². The van der Waals surface area contributed by atoms with Crippen molar-refractivity contribution in [1.29, 1.82) is 0 Å². The number of methoxy groups -OCH3 is 1. The number of esters is 1. The van der Waals surface area contributed by atoms with Crippen LogP contribution in [0.15, 0.2) is 67.0 Å². The van der Waals surface area contributed by atoms with E-state index in [4.69, 9.17) is 4.74 Å². The molecule has 1 aromatic heterocycles. The van der Waals surface area contributed by atoms with Crippen LogP contribution >= 0.6 is 0 Å². The minimum absolute atomic E-state index is 0.0563. The molecule has 2 aromatic carbocycles. The number of halogens is 1. The summed E-state index contributed by atoms with van der Waals surface area (Å²) in [6.07, 6.45) is 3.41. The third-order valence-corrected chi connectivity index (χ3v) is 4.07. The van der Waals surface area contributed by atoms with Crippen LogP contribution in [-0.4, -0.2) is 28.8 Å². The van der Waals surface area contributed by atoms with E-state index in [0.29, 0.717) is 11.1 Å². The summed E-state index contributed by atoms with van der Waals surface area (Å²) < 4.78 is 19.6. The molecule has 27 heavy (non-hydrogen) atoms. The van der Waals surface area contributed by atoms with Crippen LogP contribution in [0.25, 0.3) is 5.69 Å². The predicted octanol–water partition coefficient (Wildman–Crippen LogP) is 3.05. The van der Waals surface area contributed by atoms with Gasteiger partial charge in [0.05, 0.1) is 25.3 Å². The van der Waals surface area contributed by atoms with Gasteiger partial charge in [0.15, 0.2) is 0 Å². The topological polar surface area (TPSA) is 73.2 Å². The number of hydrogen-bond donors (Lipinski definition) is 1. The molecule has 0 bridgehead atoms. The Hall–Kier alpha value is -3.48. The number of aromatic nitrogens is 2. The van der Waals surface area contributed by atoms with E-state index in [1.165, 1.54) is 31.4 Å². The average molecular weight is 367 g/mol. The highest BCUT2D eigenvalue weighted by Crippen LogP contribution is 2.19. The molecule has 1 N–H and O–H groups in total. The van der Waals surface area contributed by atoms with Gasteiger partial charge in [-0.1, -0.05) is 12.1 Å². The van der Waals surface area contributed by atoms with Crippen molar-refractivity contribution in [1.82, 2.24) is 15.1 Å². The van der Waals surface area contributed by atoms with Gasteiger partial charge >= 0.3 is 5.97 Å². The molecule has 1 amide bonds. The zero-order valence-electron chi connectivity index (χ0n) is 14.6. The van der Waals surface area contributed by atoms with Crippen LogP contribution in [0.2, 0.25) is 0 Å². The van der Waals surface area contributed by atoms with E-state index < -0.39 is 17.8 Å². The van der Waals surface area contributed by atoms with Gasteiger partial charge in [-0.05, 0) is 48.0 Å². The van der Waals surface area contributed by atoms with Crippen LogP contribution in [0.3, 0.4) is 0 Å². The van der Waals surface area contributed by atoms with E-state index in [0.717, 1.165) is 5.69 Å². The van der Waals surface area contributed by atoms with E-state index in [2.05, 4.69) is 10.4 Å². The van der Waals surface area contributed by atoms with E-state index >= 15 is 0 Å². The highest BCUT2D eigenvalue weighted by atomic mass is 19.1. The number of carbonyl (C=O) groups excluding carboxylic acids is 2.